The predicted octanol–water partition coefficient (Wildman–Crippen LogP) is 1.84. The number of hydrogen-bond donors (Lipinski definition) is 0. The van der Waals surface area contributed by atoms with Gasteiger partial charge in [-0.3, -0.25) is 14.2 Å². The van der Waals surface area contributed by atoms with E-state index in [0.29, 0.717) is 16.7 Å². The van der Waals surface area contributed by atoms with Crippen LogP contribution in [-0.4, -0.2) is 45.0 Å². The summed E-state index contributed by atoms with van der Waals surface area (Å²) in [5.74, 6) is 2.50. The number of fused-ring (bicyclic) bond motifs is 1. The molecular formula is C16H19N3O2S. The molecule has 0 bridgehead atoms. The molecule has 0 spiro atoms. The molecule has 6 heteroatoms. The molecule has 1 aliphatic rings. The van der Waals surface area contributed by atoms with E-state index in [0.717, 1.165) is 24.6 Å². The molecule has 116 valence electrons. The number of carbonyl (C=O) groups is 1. The Morgan fingerprint density at radius 3 is 2.68 bits per heavy atom. The van der Waals surface area contributed by atoms with E-state index in [4.69, 9.17) is 0 Å². The van der Waals surface area contributed by atoms with Crippen molar-refractivity contribution in [3.8, 4) is 0 Å². The number of carbonyl (C=O) groups excluding carboxylic acids is 1. The molecule has 1 aliphatic heterocycles. The van der Waals surface area contributed by atoms with Gasteiger partial charge in [0.05, 0.1) is 10.9 Å². The lowest BCUT2D eigenvalue weighted by Crippen LogP contribution is -2.44. The Bertz CT molecular complexity index is 766. The van der Waals surface area contributed by atoms with Gasteiger partial charge in [0.2, 0.25) is 5.91 Å². The fraction of sp³-hybridized carbons (Fsp3) is 0.438. The molecule has 1 unspecified atom stereocenters. The molecule has 3 rings (SSSR count). The van der Waals surface area contributed by atoms with Crippen LogP contribution >= 0.6 is 11.8 Å². The second kappa shape index (κ2) is 6.12. The average Bonchev–Trinajstić information content (AvgIpc) is 2.55. The molecule has 5 nitrogen and oxygen atoms in total. The first-order chi connectivity index (χ1) is 10.6. The zero-order valence-electron chi connectivity index (χ0n) is 12.8. The molecule has 0 saturated carbocycles. The average molecular weight is 317 g/mol. The highest BCUT2D eigenvalue weighted by atomic mass is 32.2. The minimum absolute atomic E-state index is 0.00239. The summed E-state index contributed by atoms with van der Waals surface area (Å²) in [5, 5.41) is 0.557. The van der Waals surface area contributed by atoms with Gasteiger partial charge < -0.3 is 4.90 Å². The molecule has 1 fully saturated rings. The third kappa shape index (κ3) is 2.63. The number of rotatable bonds is 2. The predicted molar refractivity (Wildman–Crippen MR) is 89.4 cm³/mol. The van der Waals surface area contributed by atoms with Gasteiger partial charge in [-0.15, -0.1) is 0 Å². The first kappa shape index (κ1) is 15.1. The van der Waals surface area contributed by atoms with Crippen molar-refractivity contribution >= 4 is 28.6 Å². The largest absolute Gasteiger partial charge is 0.339 e. The van der Waals surface area contributed by atoms with E-state index in [1.54, 1.807) is 19.9 Å². The zero-order chi connectivity index (χ0) is 15.7. The Morgan fingerprint density at radius 1 is 1.27 bits per heavy atom. The van der Waals surface area contributed by atoms with Gasteiger partial charge in [0, 0.05) is 24.6 Å². The standard InChI is InChI=1S/C16H19N3O2S/c1-11(15(20)18-7-9-22-10-8-18)19-12(2)17-14-6-4-3-5-13(14)16(19)21/h3-6,11H,7-10H2,1-2H3. The number of nitrogens with zero attached hydrogens (tertiary/aromatic N) is 3. The fourth-order valence-corrected chi connectivity index (χ4v) is 3.77. The molecule has 0 radical (unpaired) electrons. The first-order valence-corrected chi connectivity index (χ1v) is 8.59. The molecule has 0 aliphatic carbocycles. The van der Waals surface area contributed by atoms with E-state index in [-0.39, 0.29) is 11.5 Å². The summed E-state index contributed by atoms with van der Waals surface area (Å²) in [6.45, 7) is 5.07. The van der Waals surface area contributed by atoms with Crippen LogP contribution in [0.5, 0.6) is 0 Å². The second-order valence-electron chi connectivity index (χ2n) is 5.46. The van der Waals surface area contributed by atoms with Gasteiger partial charge >= 0.3 is 0 Å². The van der Waals surface area contributed by atoms with Gasteiger partial charge in [-0.05, 0) is 26.0 Å². The van der Waals surface area contributed by atoms with E-state index in [1.165, 1.54) is 4.57 Å². The summed E-state index contributed by atoms with van der Waals surface area (Å²) in [6.07, 6.45) is 0. The summed E-state index contributed by atoms with van der Waals surface area (Å²) in [6, 6.07) is 6.74. The maximum absolute atomic E-state index is 12.7. The summed E-state index contributed by atoms with van der Waals surface area (Å²) < 4.78 is 1.52. The lowest BCUT2D eigenvalue weighted by molar-refractivity contribution is -0.134. The number of aryl methyl sites for hydroxylation is 1. The van der Waals surface area contributed by atoms with E-state index >= 15 is 0 Å². The highest BCUT2D eigenvalue weighted by molar-refractivity contribution is 7.99. The molecule has 0 N–H and O–H groups in total. The van der Waals surface area contributed by atoms with Crippen molar-refractivity contribution < 1.29 is 4.79 Å². The highest BCUT2D eigenvalue weighted by Crippen LogP contribution is 2.17. The number of para-hydroxylation sites is 1. The van der Waals surface area contributed by atoms with Crippen LogP contribution in [0.4, 0.5) is 0 Å². The molecular weight excluding hydrogens is 298 g/mol. The van der Waals surface area contributed by atoms with Crippen molar-refractivity contribution in [3.63, 3.8) is 0 Å². The number of hydrogen-bond acceptors (Lipinski definition) is 4. The van der Waals surface area contributed by atoms with E-state index in [1.807, 2.05) is 34.9 Å². The normalized spacial score (nSPS) is 16.7. The van der Waals surface area contributed by atoms with Gasteiger partial charge in [0.25, 0.3) is 5.56 Å². The number of aromatic nitrogens is 2. The van der Waals surface area contributed by atoms with Crippen molar-refractivity contribution in [1.29, 1.82) is 0 Å². The highest BCUT2D eigenvalue weighted by Gasteiger charge is 2.26. The molecule has 22 heavy (non-hydrogen) atoms. The lowest BCUT2D eigenvalue weighted by Gasteiger charge is -2.30. The van der Waals surface area contributed by atoms with Crippen molar-refractivity contribution in [2.45, 2.75) is 19.9 Å². The quantitative estimate of drug-likeness (QED) is 0.848. The molecule has 1 atom stereocenters. The number of benzene rings is 1. The Balaban J connectivity index is 2.01. The minimum atomic E-state index is -0.521. The zero-order valence-corrected chi connectivity index (χ0v) is 13.6. The molecule has 1 amide bonds. The number of amides is 1. The topological polar surface area (TPSA) is 55.2 Å². The Hall–Kier alpha value is -1.82. The monoisotopic (exact) mass is 317 g/mol. The van der Waals surface area contributed by atoms with Crippen molar-refractivity contribution in [3.05, 3.63) is 40.4 Å². The van der Waals surface area contributed by atoms with Gasteiger partial charge in [-0.1, -0.05) is 12.1 Å². The second-order valence-corrected chi connectivity index (χ2v) is 6.69. The summed E-state index contributed by atoms with van der Waals surface area (Å²) in [7, 11) is 0. The molecule has 1 saturated heterocycles. The van der Waals surface area contributed by atoms with Crippen LogP contribution in [0.2, 0.25) is 0 Å². The van der Waals surface area contributed by atoms with Crippen LogP contribution in [0, 0.1) is 6.92 Å². The SMILES string of the molecule is Cc1nc2ccccc2c(=O)n1C(C)C(=O)N1CCSCC1. The molecule has 1 aromatic heterocycles. The van der Waals surface area contributed by atoms with E-state index in [9.17, 15) is 9.59 Å². The van der Waals surface area contributed by atoms with Gasteiger partial charge in [0.15, 0.2) is 0 Å². The van der Waals surface area contributed by atoms with Crippen LogP contribution < -0.4 is 5.56 Å². The minimum Gasteiger partial charge on any atom is -0.339 e. The molecule has 2 heterocycles. The van der Waals surface area contributed by atoms with Crippen LogP contribution in [-0.2, 0) is 4.79 Å². The van der Waals surface area contributed by atoms with Crippen LogP contribution in [0.1, 0.15) is 18.8 Å². The number of thioether (sulfide) groups is 1. The lowest BCUT2D eigenvalue weighted by atomic mass is 10.2. The van der Waals surface area contributed by atoms with Crippen molar-refractivity contribution in [1.82, 2.24) is 14.5 Å². The van der Waals surface area contributed by atoms with Crippen LogP contribution in [0.25, 0.3) is 10.9 Å². The fourth-order valence-electron chi connectivity index (χ4n) is 2.87. The van der Waals surface area contributed by atoms with Gasteiger partial charge in [0.1, 0.15) is 11.9 Å². The first-order valence-electron chi connectivity index (χ1n) is 7.44. The maximum Gasteiger partial charge on any atom is 0.262 e. The Kier molecular flexibility index (Phi) is 4.20. The summed E-state index contributed by atoms with van der Waals surface area (Å²) in [5.41, 5.74) is 0.533. The molecule has 2 aromatic rings. The van der Waals surface area contributed by atoms with E-state index < -0.39 is 6.04 Å². The Labute approximate surface area is 133 Å². The third-order valence-corrected chi connectivity index (χ3v) is 4.99. The Morgan fingerprint density at radius 2 is 1.95 bits per heavy atom. The van der Waals surface area contributed by atoms with E-state index in [2.05, 4.69) is 4.98 Å². The maximum atomic E-state index is 12.7. The van der Waals surface area contributed by atoms with Gasteiger partial charge in [-0.25, -0.2) is 4.98 Å². The van der Waals surface area contributed by atoms with Crippen LogP contribution in [0.3, 0.4) is 0 Å². The smallest absolute Gasteiger partial charge is 0.262 e. The van der Waals surface area contributed by atoms with Crippen molar-refractivity contribution in [2.24, 2.45) is 0 Å². The van der Waals surface area contributed by atoms with Gasteiger partial charge in [-0.2, -0.15) is 11.8 Å². The van der Waals surface area contributed by atoms with Crippen LogP contribution in [0.15, 0.2) is 29.1 Å². The summed E-state index contributed by atoms with van der Waals surface area (Å²) in [4.78, 5) is 31.7. The van der Waals surface area contributed by atoms with Crippen molar-refractivity contribution in [2.75, 3.05) is 24.6 Å². The summed E-state index contributed by atoms with van der Waals surface area (Å²) >= 11 is 1.86. The third-order valence-electron chi connectivity index (χ3n) is 4.05. The molecule has 1 aromatic carbocycles.